The number of hydrogen-bond donors (Lipinski definition) is 0. The zero-order valence-corrected chi connectivity index (χ0v) is 33.0. The summed E-state index contributed by atoms with van der Waals surface area (Å²) < 4.78 is 4.83. The predicted octanol–water partition coefficient (Wildman–Crippen LogP) is 13.0. The molecule has 5 nitrogen and oxygen atoms in total. The van der Waals surface area contributed by atoms with Gasteiger partial charge in [0, 0.05) is 38.1 Å². The van der Waals surface area contributed by atoms with Crippen molar-refractivity contribution in [1.82, 2.24) is 24.1 Å². The van der Waals surface area contributed by atoms with Crippen LogP contribution in [0.5, 0.6) is 0 Å². The van der Waals surface area contributed by atoms with E-state index < -0.39 is 0 Å². The summed E-state index contributed by atoms with van der Waals surface area (Å²) in [5, 5.41) is 4.95. The van der Waals surface area contributed by atoms with Crippen LogP contribution in [0.4, 0.5) is 0 Å². The van der Waals surface area contributed by atoms with E-state index in [4.69, 9.17) is 15.0 Å². The third-order valence-electron chi connectivity index (χ3n) is 13.6. The quantitative estimate of drug-likeness (QED) is 0.180. The molecule has 58 heavy (non-hydrogen) atoms. The summed E-state index contributed by atoms with van der Waals surface area (Å²) in [4.78, 5) is 15.7. The molecule has 4 heterocycles. The van der Waals surface area contributed by atoms with E-state index in [2.05, 4.69) is 170 Å². The molecule has 278 valence electrons. The van der Waals surface area contributed by atoms with Gasteiger partial charge in [0.1, 0.15) is 0 Å². The lowest BCUT2D eigenvalue weighted by molar-refractivity contribution is 0.250. The first kappa shape index (κ1) is 33.3. The largest absolute Gasteiger partial charge is 0.309 e. The summed E-state index contributed by atoms with van der Waals surface area (Å²) in [6.07, 6.45) is 1.14. The van der Waals surface area contributed by atoms with E-state index >= 15 is 0 Å². The predicted molar refractivity (Wildman–Crippen MR) is 238 cm³/mol. The second-order valence-electron chi connectivity index (χ2n) is 17.2. The lowest BCUT2D eigenvalue weighted by Gasteiger charge is -2.51. The highest BCUT2D eigenvalue weighted by Crippen LogP contribution is 2.59. The molecule has 0 bridgehead atoms. The summed E-state index contributed by atoms with van der Waals surface area (Å²) >= 11 is 0. The molecule has 2 unspecified atom stereocenters. The fraction of sp³-hybridized carbons (Fsp3) is 0.151. The Morgan fingerprint density at radius 3 is 1.78 bits per heavy atom. The Morgan fingerprint density at radius 2 is 1.03 bits per heavy atom. The summed E-state index contributed by atoms with van der Waals surface area (Å²) in [5.41, 5.74) is 14.6. The minimum absolute atomic E-state index is 0.0885. The highest BCUT2D eigenvalue weighted by molar-refractivity contribution is 6.29. The minimum atomic E-state index is -0.104. The fourth-order valence-electron chi connectivity index (χ4n) is 10.8. The summed E-state index contributed by atoms with van der Waals surface area (Å²) in [6.45, 7) is 9.83. The van der Waals surface area contributed by atoms with Crippen molar-refractivity contribution in [2.45, 2.75) is 44.9 Å². The van der Waals surface area contributed by atoms with E-state index in [1.807, 2.05) is 24.3 Å². The van der Waals surface area contributed by atoms with Crippen molar-refractivity contribution >= 4 is 43.6 Å². The number of fused-ring (bicyclic) bond motifs is 9. The molecule has 0 saturated carbocycles. The first-order valence-corrected chi connectivity index (χ1v) is 20.4. The van der Waals surface area contributed by atoms with Crippen LogP contribution in [0.2, 0.25) is 0 Å². The maximum atomic E-state index is 5.30. The summed E-state index contributed by atoms with van der Waals surface area (Å²) in [5.74, 6) is 2.35. The van der Waals surface area contributed by atoms with Crippen LogP contribution in [-0.2, 0) is 10.8 Å². The Morgan fingerprint density at radius 1 is 0.483 bits per heavy atom. The zero-order valence-electron chi connectivity index (χ0n) is 33.0. The Bertz CT molecular complexity index is 3300. The molecule has 0 N–H and O–H groups in total. The van der Waals surface area contributed by atoms with Gasteiger partial charge in [0.2, 0.25) is 5.95 Å². The molecule has 5 heteroatoms. The molecule has 0 spiro atoms. The van der Waals surface area contributed by atoms with Gasteiger partial charge in [-0.2, -0.15) is 9.97 Å². The Kier molecular flexibility index (Phi) is 6.80. The van der Waals surface area contributed by atoms with Gasteiger partial charge in [-0.3, -0.25) is 4.57 Å². The van der Waals surface area contributed by atoms with Crippen LogP contribution in [0.3, 0.4) is 0 Å². The molecule has 3 aromatic heterocycles. The van der Waals surface area contributed by atoms with Crippen molar-refractivity contribution < 1.29 is 0 Å². The van der Waals surface area contributed by atoms with Crippen LogP contribution in [-0.4, -0.2) is 24.1 Å². The van der Waals surface area contributed by atoms with Crippen LogP contribution in [0.15, 0.2) is 158 Å². The standard InChI is InChI=1S/C53H41N5/c1-32-31-52(2,3)39-21-14-24-44-47(39)53(32,4)40-22-13-20-38-46-42(57(44)48(38)40)29-30-43-45(46)37-19-11-12-23-41(37)58(43)51-55-49(35-17-9-6-10-18-35)54-50(56-51)36-27-25-34(26-28-36)33-15-7-5-8-16-33/h5-30,32H,31H2,1-4H3. The first-order valence-electron chi connectivity index (χ1n) is 20.4. The molecular weight excluding hydrogens is 707 g/mol. The van der Waals surface area contributed by atoms with Crippen molar-refractivity contribution in [2.75, 3.05) is 0 Å². The van der Waals surface area contributed by atoms with Crippen molar-refractivity contribution in [3.63, 3.8) is 0 Å². The average molecular weight is 748 g/mol. The lowest BCUT2D eigenvalue weighted by Crippen LogP contribution is -2.45. The molecule has 2 aliphatic rings. The molecule has 0 radical (unpaired) electrons. The summed E-state index contributed by atoms with van der Waals surface area (Å²) in [6, 6.07) is 56.7. The normalized spacial score (nSPS) is 18.0. The van der Waals surface area contributed by atoms with Gasteiger partial charge in [-0.15, -0.1) is 0 Å². The third-order valence-corrected chi connectivity index (χ3v) is 13.6. The van der Waals surface area contributed by atoms with Crippen molar-refractivity contribution in [1.29, 1.82) is 0 Å². The molecule has 12 rings (SSSR count). The van der Waals surface area contributed by atoms with E-state index in [9.17, 15) is 0 Å². The zero-order chi connectivity index (χ0) is 38.9. The lowest BCUT2D eigenvalue weighted by atomic mass is 9.54. The number of aromatic nitrogens is 5. The van der Waals surface area contributed by atoms with Gasteiger partial charge >= 0.3 is 0 Å². The van der Waals surface area contributed by atoms with Crippen LogP contribution >= 0.6 is 0 Å². The van der Waals surface area contributed by atoms with Crippen LogP contribution in [0, 0.1) is 5.92 Å². The highest BCUT2D eigenvalue weighted by atomic mass is 15.2. The Labute approximate surface area is 337 Å². The summed E-state index contributed by atoms with van der Waals surface area (Å²) in [7, 11) is 0. The van der Waals surface area contributed by atoms with E-state index in [0.29, 0.717) is 23.5 Å². The molecule has 0 amide bonds. The first-order chi connectivity index (χ1) is 28.3. The number of nitrogens with zero attached hydrogens (tertiary/aromatic N) is 5. The molecule has 1 aliphatic heterocycles. The van der Waals surface area contributed by atoms with Gasteiger partial charge in [0.05, 0.1) is 27.8 Å². The van der Waals surface area contributed by atoms with Crippen molar-refractivity contribution in [3.05, 3.63) is 174 Å². The van der Waals surface area contributed by atoms with E-state index in [0.717, 1.165) is 34.1 Å². The van der Waals surface area contributed by atoms with Gasteiger partial charge in [0.15, 0.2) is 11.6 Å². The van der Waals surface area contributed by atoms with E-state index in [1.165, 1.54) is 60.5 Å². The molecule has 0 saturated heterocycles. The van der Waals surface area contributed by atoms with Crippen molar-refractivity contribution in [3.8, 4) is 45.5 Å². The maximum Gasteiger partial charge on any atom is 0.238 e. The maximum absolute atomic E-state index is 5.30. The Balaban J connectivity index is 1.15. The van der Waals surface area contributed by atoms with Crippen LogP contribution in [0.25, 0.3) is 89.2 Å². The van der Waals surface area contributed by atoms with Crippen LogP contribution in [0.1, 0.15) is 50.8 Å². The molecule has 1 aliphatic carbocycles. The highest BCUT2D eigenvalue weighted by Gasteiger charge is 2.50. The topological polar surface area (TPSA) is 48.5 Å². The van der Waals surface area contributed by atoms with E-state index in [1.54, 1.807) is 0 Å². The van der Waals surface area contributed by atoms with Gasteiger partial charge in [-0.05, 0) is 69.8 Å². The number of benzene rings is 7. The molecule has 2 atom stereocenters. The van der Waals surface area contributed by atoms with Gasteiger partial charge < -0.3 is 4.57 Å². The second kappa shape index (κ2) is 11.8. The number of rotatable bonds is 4. The van der Waals surface area contributed by atoms with Gasteiger partial charge in [0.25, 0.3) is 0 Å². The Hall–Kier alpha value is -6.85. The average Bonchev–Trinajstić information content (AvgIpc) is 3.79. The molecule has 10 aromatic rings. The van der Waals surface area contributed by atoms with Gasteiger partial charge in [-0.25, -0.2) is 4.98 Å². The molecular formula is C53H41N5. The van der Waals surface area contributed by atoms with Gasteiger partial charge in [-0.1, -0.05) is 161 Å². The molecule has 0 fully saturated rings. The van der Waals surface area contributed by atoms with Crippen LogP contribution < -0.4 is 0 Å². The smallest absolute Gasteiger partial charge is 0.238 e. The number of hydrogen-bond acceptors (Lipinski definition) is 3. The monoisotopic (exact) mass is 747 g/mol. The van der Waals surface area contributed by atoms with Crippen molar-refractivity contribution in [2.24, 2.45) is 5.92 Å². The molecule has 7 aromatic carbocycles. The third kappa shape index (κ3) is 4.44. The second-order valence-corrected chi connectivity index (χ2v) is 17.2. The fourth-order valence-corrected chi connectivity index (χ4v) is 10.8. The SMILES string of the molecule is CC1CC(C)(C)c2cccc3c2C1(C)c1cccc2c4c5c6ccccc6n(-c6nc(-c7ccccc7)nc(-c7ccc(-c8ccccc8)cc7)n6)c5ccc4n-3c12. The number of para-hydroxylation sites is 2. The minimum Gasteiger partial charge on any atom is -0.309 e. The van der Waals surface area contributed by atoms with E-state index in [-0.39, 0.29) is 10.8 Å².